The number of rotatable bonds is 5. The van der Waals surface area contributed by atoms with E-state index in [4.69, 9.17) is 0 Å². The molecule has 1 heterocycles. The molecule has 2 aliphatic rings. The normalized spacial score (nSPS) is 23.6. The highest BCUT2D eigenvalue weighted by molar-refractivity contribution is 7.88. The molecule has 30 heavy (non-hydrogen) atoms. The third-order valence-electron chi connectivity index (χ3n) is 5.83. The van der Waals surface area contributed by atoms with E-state index < -0.39 is 21.7 Å². The van der Waals surface area contributed by atoms with Crippen LogP contribution < -0.4 is 4.72 Å². The van der Waals surface area contributed by atoms with Crippen molar-refractivity contribution in [3.8, 4) is 11.1 Å². The van der Waals surface area contributed by atoms with Crippen molar-refractivity contribution in [2.24, 2.45) is 5.92 Å². The largest absolute Gasteiger partial charge is 0.341 e. The summed E-state index contributed by atoms with van der Waals surface area (Å²) in [4.78, 5) is 14.6. The van der Waals surface area contributed by atoms with Crippen molar-refractivity contribution in [1.82, 2.24) is 9.62 Å². The van der Waals surface area contributed by atoms with Gasteiger partial charge in [-0.05, 0) is 48.9 Å². The molecule has 3 atom stereocenters. The third kappa shape index (κ3) is 4.25. The summed E-state index contributed by atoms with van der Waals surface area (Å²) in [5.41, 5.74) is 2.08. The van der Waals surface area contributed by atoms with E-state index >= 15 is 0 Å². The molecule has 1 N–H and O–H groups in total. The first-order chi connectivity index (χ1) is 14.1. The zero-order chi connectivity index (χ0) is 21.6. The van der Waals surface area contributed by atoms with E-state index in [1.807, 2.05) is 19.1 Å². The minimum absolute atomic E-state index is 0.0293. The molecule has 2 aromatic carbocycles. The second-order valence-corrected chi connectivity index (χ2v) is 10.1. The molecule has 0 spiro atoms. The van der Waals surface area contributed by atoms with Gasteiger partial charge >= 0.3 is 0 Å². The number of likely N-dealkylation sites (tertiary alicyclic amines) is 1. The van der Waals surface area contributed by atoms with Crippen LogP contribution in [-0.2, 0) is 14.8 Å². The number of hydrogen-bond donors (Lipinski definition) is 1. The van der Waals surface area contributed by atoms with Crippen molar-refractivity contribution in [3.63, 3.8) is 0 Å². The van der Waals surface area contributed by atoms with Gasteiger partial charge in [0.15, 0.2) is 0 Å². The number of sulfonamides is 1. The van der Waals surface area contributed by atoms with Gasteiger partial charge in [0.05, 0.1) is 11.8 Å². The fraction of sp³-hybridized carbons (Fsp3) is 0.409. The molecule has 1 saturated heterocycles. The number of benzene rings is 2. The Balaban J connectivity index is 1.54. The summed E-state index contributed by atoms with van der Waals surface area (Å²) in [6.45, 7) is 2.70. The lowest BCUT2D eigenvalue weighted by molar-refractivity contribution is -0.131. The number of aryl methyl sites for hydroxylation is 1. The van der Waals surface area contributed by atoms with Crippen molar-refractivity contribution in [2.45, 2.75) is 31.7 Å². The van der Waals surface area contributed by atoms with E-state index in [1.54, 1.807) is 11.0 Å². The third-order valence-corrected chi connectivity index (χ3v) is 6.59. The van der Waals surface area contributed by atoms with Gasteiger partial charge in [0.25, 0.3) is 0 Å². The minimum Gasteiger partial charge on any atom is -0.341 e. The molecule has 0 unspecified atom stereocenters. The van der Waals surface area contributed by atoms with Gasteiger partial charge in [-0.3, -0.25) is 4.79 Å². The Kier molecular flexibility index (Phi) is 5.40. The van der Waals surface area contributed by atoms with Crippen LogP contribution in [0.4, 0.5) is 8.78 Å². The molecule has 2 fully saturated rings. The molecule has 2 aromatic rings. The van der Waals surface area contributed by atoms with Crippen LogP contribution >= 0.6 is 0 Å². The fourth-order valence-electron chi connectivity index (χ4n) is 4.37. The standard InChI is InChI=1S/C22H24F2N2O3S/c1-13-6-7-15(17(10-13)21-19(23)4-3-5-20(21)24)16-11-18(16)22(27)26-9-8-14(12-26)25-30(2,28)29/h3-7,10,14,16,18,25H,8-9,11-12H2,1-2H3/t14-,16-,18+/m0/s1. The number of nitrogens with one attached hydrogen (secondary N) is 1. The number of carbonyl (C=O) groups excluding carboxylic acids is 1. The molecule has 0 radical (unpaired) electrons. The van der Waals surface area contributed by atoms with Crippen molar-refractivity contribution in [3.05, 3.63) is 59.2 Å². The Morgan fingerprint density at radius 3 is 2.53 bits per heavy atom. The lowest BCUT2D eigenvalue weighted by Gasteiger charge is -2.18. The predicted molar refractivity (Wildman–Crippen MR) is 110 cm³/mol. The maximum atomic E-state index is 14.4. The van der Waals surface area contributed by atoms with Crippen molar-refractivity contribution in [2.75, 3.05) is 19.3 Å². The molecule has 4 rings (SSSR count). The van der Waals surface area contributed by atoms with Gasteiger partial charge in [-0.25, -0.2) is 21.9 Å². The van der Waals surface area contributed by atoms with Gasteiger partial charge < -0.3 is 4.90 Å². The highest BCUT2D eigenvalue weighted by Crippen LogP contribution is 2.52. The Hall–Kier alpha value is -2.32. The second kappa shape index (κ2) is 7.74. The Bertz CT molecular complexity index is 1080. The van der Waals surface area contributed by atoms with E-state index in [0.717, 1.165) is 17.4 Å². The van der Waals surface area contributed by atoms with Gasteiger partial charge in [-0.2, -0.15) is 0 Å². The molecular formula is C22H24F2N2O3S. The molecule has 160 valence electrons. The highest BCUT2D eigenvalue weighted by Gasteiger charge is 2.48. The summed E-state index contributed by atoms with van der Waals surface area (Å²) in [6.07, 6.45) is 2.30. The van der Waals surface area contributed by atoms with E-state index in [9.17, 15) is 22.0 Å². The molecule has 0 bridgehead atoms. The molecule has 1 amide bonds. The second-order valence-electron chi connectivity index (χ2n) is 8.30. The van der Waals surface area contributed by atoms with Gasteiger partial charge in [0, 0.05) is 25.0 Å². The fourth-order valence-corrected chi connectivity index (χ4v) is 5.17. The van der Waals surface area contributed by atoms with E-state index in [1.165, 1.54) is 18.2 Å². The molecule has 1 aliphatic carbocycles. The average Bonchev–Trinajstić information content (AvgIpc) is 3.31. The van der Waals surface area contributed by atoms with Crippen LogP contribution in [0.25, 0.3) is 11.1 Å². The van der Waals surface area contributed by atoms with Crippen LogP contribution in [0.2, 0.25) is 0 Å². The lowest BCUT2D eigenvalue weighted by atomic mass is 9.93. The van der Waals surface area contributed by atoms with Gasteiger partial charge in [-0.1, -0.05) is 29.8 Å². The summed E-state index contributed by atoms with van der Waals surface area (Å²) in [7, 11) is -3.32. The zero-order valence-electron chi connectivity index (χ0n) is 16.9. The summed E-state index contributed by atoms with van der Waals surface area (Å²) >= 11 is 0. The molecular weight excluding hydrogens is 410 g/mol. The van der Waals surface area contributed by atoms with Gasteiger partial charge in [0.2, 0.25) is 15.9 Å². The minimum atomic E-state index is -3.32. The van der Waals surface area contributed by atoms with Crippen LogP contribution in [0, 0.1) is 24.5 Å². The first-order valence-electron chi connectivity index (χ1n) is 9.95. The van der Waals surface area contributed by atoms with Crippen LogP contribution in [0.1, 0.15) is 29.9 Å². The smallest absolute Gasteiger partial charge is 0.226 e. The summed E-state index contributed by atoms with van der Waals surface area (Å²) in [5.74, 6) is -1.63. The number of hydrogen-bond acceptors (Lipinski definition) is 3. The number of halogens is 2. The first-order valence-corrected chi connectivity index (χ1v) is 11.8. The first kappa shape index (κ1) is 20.9. The van der Waals surface area contributed by atoms with Crippen LogP contribution in [0.5, 0.6) is 0 Å². The topological polar surface area (TPSA) is 66.5 Å². The average molecular weight is 435 g/mol. The molecule has 0 aromatic heterocycles. The molecule has 1 aliphatic heterocycles. The highest BCUT2D eigenvalue weighted by atomic mass is 32.2. The lowest BCUT2D eigenvalue weighted by Crippen LogP contribution is -2.38. The summed E-state index contributed by atoms with van der Waals surface area (Å²) in [6, 6.07) is 9.04. The summed E-state index contributed by atoms with van der Waals surface area (Å²) in [5, 5.41) is 0. The van der Waals surface area contributed by atoms with E-state index in [0.29, 0.717) is 31.5 Å². The Labute approximate surface area is 175 Å². The van der Waals surface area contributed by atoms with Gasteiger partial charge in [0.1, 0.15) is 11.6 Å². The van der Waals surface area contributed by atoms with E-state index in [-0.39, 0.29) is 29.3 Å². The maximum absolute atomic E-state index is 14.4. The quantitative estimate of drug-likeness (QED) is 0.786. The summed E-state index contributed by atoms with van der Waals surface area (Å²) < 4.78 is 54.3. The number of amides is 1. The monoisotopic (exact) mass is 434 g/mol. The molecule has 5 nitrogen and oxygen atoms in total. The number of nitrogens with zero attached hydrogens (tertiary/aromatic N) is 1. The van der Waals surface area contributed by atoms with Crippen LogP contribution in [0.3, 0.4) is 0 Å². The van der Waals surface area contributed by atoms with Gasteiger partial charge in [-0.15, -0.1) is 0 Å². The maximum Gasteiger partial charge on any atom is 0.226 e. The SMILES string of the molecule is Cc1ccc([C@@H]2C[C@H]2C(=O)N2CC[C@H](NS(C)(=O)=O)C2)c(-c2c(F)cccc2F)c1. The zero-order valence-corrected chi connectivity index (χ0v) is 17.7. The van der Waals surface area contributed by atoms with Crippen molar-refractivity contribution >= 4 is 15.9 Å². The molecule has 1 saturated carbocycles. The van der Waals surface area contributed by atoms with Crippen molar-refractivity contribution < 1.29 is 22.0 Å². The number of carbonyl (C=O) groups is 1. The Morgan fingerprint density at radius 1 is 1.17 bits per heavy atom. The van der Waals surface area contributed by atoms with E-state index in [2.05, 4.69) is 4.72 Å². The Morgan fingerprint density at radius 2 is 1.87 bits per heavy atom. The van der Waals surface area contributed by atoms with Crippen molar-refractivity contribution in [1.29, 1.82) is 0 Å². The van der Waals surface area contributed by atoms with Crippen LogP contribution in [-0.4, -0.2) is 44.6 Å². The van der Waals surface area contributed by atoms with Crippen LogP contribution in [0.15, 0.2) is 36.4 Å². The predicted octanol–water partition coefficient (Wildman–Crippen LogP) is 3.19. The molecule has 8 heteroatoms.